The van der Waals surface area contributed by atoms with Gasteiger partial charge in [0.25, 0.3) is 0 Å². The predicted octanol–water partition coefficient (Wildman–Crippen LogP) is 3.67. The molecule has 1 heterocycles. The molecule has 4 heteroatoms. The van der Waals surface area contributed by atoms with Crippen molar-refractivity contribution in [3.8, 4) is 0 Å². The second-order valence-electron chi connectivity index (χ2n) is 7.72. The van der Waals surface area contributed by atoms with Crippen LogP contribution in [0.25, 0.3) is 10.9 Å². The highest BCUT2D eigenvalue weighted by Crippen LogP contribution is 2.25. The second-order valence-corrected chi connectivity index (χ2v) is 7.72. The quantitative estimate of drug-likeness (QED) is 0.721. The van der Waals surface area contributed by atoms with Gasteiger partial charge >= 0.3 is 0 Å². The molecule has 1 aromatic heterocycles. The Labute approximate surface area is 149 Å². The molecule has 4 rings (SSSR count). The first-order valence-electron chi connectivity index (χ1n) is 9.90. The molecule has 2 aromatic rings. The summed E-state index contributed by atoms with van der Waals surface area (Å²) in [5.41, 5.74) is 2.49. The summed E-state index contributed by atoms with van der Waals surface area (Å²) in [6.07, 6.45) is 12.2. The number of carbonyl (C=O) groups excluding carboxylic acids is 1. The van der Waals surface area contributed by atoms with Gasteiger partial charge < -0.3 is 15.6 Å². The van der Waals surface area contributed by atoms with Crippen LogP contribution >= 0.6 is 0 Å². The predicted molar refractivity (Wildman–Crippen MR) is 102 cm³/mol. The summed E-state index contributed by atoms with van der Waals surface area (Å²) in [7, 11) is 0. The van der Waals surface area contributed by atoms with Crippen LogP contribution < -0.4 is 10.6 Å². The third-order valence-corrected chi connectivity index (χ3v) is 5.95. The molecule has 0 saturated heterocycles. The van der Waals surface area contributed by atoms with Crippen LogP contribution in [0.5, 0.6) is 0 Å². The molecule has 134 valence electrons. The lowest BCUT2D eigenvalue weighted by atomic mass is 9.85. The van der Waals surface area contributed by atoms with Crippen LogP contribution in [0.15, 0.2) is 30.5 Å². The van der Waals surface area contributed by atoms with E-state index < -0.39 is 0 Å². The fourth-order valence-corrected chi connectivity index (χ4v) is 4.32. The van der Waals surface area contributed by atoms with Gasteiger partial charge in [0.15, 0.2) is 0 Å². The molecule has 3 N–H and O–H groups in total. The molecule has 1 amide bonds. The molecular formula is C21H29N3O. The highest BCUT2D eigenvalue weighted by molar-refractivity contribution is 5.83. The lowest BCUT2D eigenvalue weighted by Gasteiger charge is -2.39. The number of aromatic nitrogens is 1. The topological polar surface area (TPSA) is 56.9 Å². The minimum absolute atomic E-state index is 0.211. The van der Waals surface area contributed by atoms with Gasteiger partial charge in [0.05, 0.1) is 0 Å². The van der Waals surface area contributed by atoms with E-state index in [0.717, 1.165) is 19.3 Å². The molecular weight excluding hydrogens is 310 g/mol. The van der Waals surface area contributed by atoms with E-state index in [0.29, 0.717) is 24.5 Å². The van der Waals surface area contributed by atoms with Gasteiger partial charge in [0.1, 0.15) is 0 Å². The summed E-state index contributed by atoms with van der Waals surface area (Å²) < 4.78 is 0. The number of aryl methyl sites for hydroxylation is 1. The Morgan fingerprint density at radius 3 is 2.68 bits per heavy atom. The number of rotatable bonds is 7. The molecule has 1 aromatic carbocycles. The third kappa shape index (κ3) is 3.90. The van der Waals surface area contributed by atoms with E-state index in [1.54, 1.807) is 0 Å². The maximum Gasteiger partial charge on any atom is 0.220 e. The average molecular weight is 339 g/mol. The molecule has 0 bridgehead atoms. The second kappa shape index (κ2) is 7.61. The van der Waals surface area contributed by atoms with Gasteiger partial charge in [0.2, 0.25) is 5.91 Å². The number of H-pyrrole nitrogens is 1. The van der Waals surface area contributed by atoms with Crippen molar-refractivity contribution in [3.63, 3.8) is 0 Å². The van der Waals surface area contributed by atoms with Crippen molar-refractivity contribution >= 4 is 16.8 Å². The van der Waals surface area contributed by atoms with Crippen molar-refractivity contribution in [2.24, 2.45) is 0 Å². The van der Waals surface area contributed by atoms with Crippen LogP contribution in [0, 0.1) is 0 Å². The molecule has 0 spiro atoms. The monoisotopic (exact) mass is 339 g/mol. The van der Waals surface area contributed by atoms with Crippen LogP contribution in [0.4, 0.5) is 0 Å². The smallest absolute Gasteiger partial charge is 0.220 e. The maximum atomic E-state index is 12.3. The zero-order valence-electron chi connectivity index (χ0n) is 14.9. The van der Waals surface area contributed by atoms with Gasteiger partial charge in [-0.05, 0) is 50.2 Å². The molecule has 4 nitrogen and oxygen atoms in total. The molecule has 2 fully saturated rings. The first-order valence-corrected chi connectivity index (χ1v) is 9.90. The summed E-state index contributed by atoms with van der Waals surface area (Å²) >= 11 is 0. The average Bonchev–Trinajstić information content (AvgIpc) is 3.27. The Balaban J connectivity index is 1.20. The van der Waals surface area contributed by atoms with Gasteiger partial charge in [-0.15, -0.1) is 0 Å². The highest BCUT2D eigenvalue weighted by Gasteiger charge is 2.33. The molecule has 25 heavy (non-hydrogen) atoms. The first kappa shape index (κ1) is 16.6. The Hall–Kier alpha value is -1.81. The van der Waals surface area contributed by atoms with Crippen molar-refractivity contribution in [1.29, 1.82) is 0 Å². The summed E-state index contributed by atoms with van der Waals surface area (Å²) in [4.78, 5) is 15.6. The standard InChI is InChI=1S/C21H29N3O/c25-21(24-20-13-12-19(20)23-16-7-1-2-8-16)11-5-6-15-14-22-18-10-4-3-9-17(15)18/h3-4,9-10,14,16,19-20,22-23H,1-2,5-8,11-13H2,(H,24,25). The van der Waals surface area contributed by atoms with Crippen molar-refractivity contribution in [1.82, 2.24) is 15.6 Å². The summed E-state index contributed by atoms with van der Waals surface area (Å²) in [6.45, 7) is 0. The lowest BCUT2D eigenvalue weighted by molar-refractivity contribution is -0.122. The summed E-state index contributed by atoms with van der Waals surface area (Å²) in [5.74, 6) is 0.211. The van der Waals surface area contributed by atoms with E-state index >= 15 is 0 Å². The summed E-state index contributed by atoms with van der Waals surface area (Å²) in [5, 5.41) is 8.28. The molecule has 2 saturated carbocycles. The molecule has 2 atom stereocenters. The molecule has 2 aliphatic carbocycles. The number of hydrogen-bond donors (Lipinski definition) is 3. The number of nitrogens with one attached hydrogen (secondary N) is 3. The number of aromatic amines is 1. The highest BCUT2D eigenvalue weighted by atomic mass is 16.1. The van der Waals surface area contributed by atoms with E-state index in [4.69, 9.17) is 0 Å². The normalized spacial score (nSPS) is 23.7. The number of amides is 1. The van der Waals surface area contributed by atoms with Crippen molar-refractivity contribution in [2.45, 2.75) is 75.9 Å². The Bertz CT molecular complexity index is 717. The fourth-order valence-electron chi connectivity index (χ4n) is 4.32. The Morgan fingerprint density at radius 2 is 1.88 bits per heavy atom. The van der Waals surface area contributed by atoms with Gasteiger partial charge in [-0.3, -0.25) is 4.79 Å². The van der Waals surface area contributed by atoms with Crippen LogP contribution in [-0.4, -0.2) is 29.0 Å². The number of hydrogen-bond acceptors (Lipinski definition) is 2. The zero-order chi connectivity index (χ0) is 17.1. The minimum atomic E-state index is 0.211. The fraction of sp³-hybridized carbons (Fsp3) is 0.571. The van der Waals surface area contributed by atoms with Crippen LogP contribution in [0.1, 0.15) is 56.9 Å². The number of benzene rings is 1. The SMILES string of the molecule is O=C(CCCc1c[nH]c2ccccc12)NC1CCC1NC1CCCC1. The van der Waals surface area contributed by atoms with Crippen molar-refractivity contribution in [2.75, 3.05) is 0 Å². The van der Waals surface area contributed by atoms with E-state index in [1.807, 2.05) is 6.07 Å². The van der Waals surface area contributed by atoms with E-state index in [1.165, 1.54) is 48.6 Å². The van der Waals surface area contributed by atoms with Gasteiger partial charge in [-0.2, -0.15) is 0 Å². The molecule has 2 aliphatic rings. The first-order chi connectivity index (χ1) is 12.3. The lowest BCUT2D eigenvalue weighted by Crippen LogP contribution is -2.58. The van der Waals surface area contributed by atoms with Crippen LogP contribution in [-0.2, 0) is 11.2 Å². The number of fused-ring (bicyclic) bond motifs is 1. The zero-order valence-corrected chi connectivity index (χ0v) is 14.9. The van der Waals surface area contributed by atoms with Gasteiger partial charge in [-0.25, -0.2) is 0 Å². The van der Waals surface area contributed by atoms with Crippen molar-refractivity contribution in [3.05, 3.63) is 36.0 Å². The Morgan fingerprint density at radius 1 is 1.08 bits per heavy atom. The van der Waals surface area contributed by atoms with Crippen LogP contribution in [0.3, 0.4) is 0 Å². The summed E-state index contributed by atoms with van der Waals surface area (Å²) in [6, 6.07) is 9.90. The van der Waals surface area contributed by atoms with Crippen molar-refractivity contribution < 1.29 is 4.79 Å². The molecule has 2 unspecified atom stereocenters. The minimum Gasteiger partial charge on any atom is -0.361 e. The van der Waals surface area contributed by atoms with Gasteiger partial charge in [-0.1, -0.05) is 31.0 Å². The van der Waals surface area contributed by atoms with E-state index in [2.05, 4.69) is 40.0 Å². The Kier molecular flexibility index (Phi) is 5.07. The number of carbonyl (C=O) groups is 1. The third-order valence-electron chi connectivity index (χ3n) is 5.95. The maximum absolute atomic E-state index is 12.3. The van der Waals surface area contributed by atoms with Gasteiger partial charge in [0, 0.05) is 41.6 Å². The van der Waals surface area contributed by atoms with E-state index in [-0.39, 0.29) is 5.91 Å². The molecule has 0 radical (unpaired) electrons. The van der Waals surface area contributed by atoms with E-state index in [9.17, 15) is 4.79 Å². The van der Waals surface area contributed by atoms with Crippen LogP contribution in [0.2, 0.25) is 0 Å². The molecule has 0 aliphatic heterocycles. The largest absolute Gasteiger partial charge is 0.361 e. The number of para-hydroxylation sites is 1.